The van der Waals surface area contributed by atoms with E-state index >= 15 is 0 Å². The van der Waals surface area contributed by atoms with Gasteiger partial charge < -0.3 is 19.3 Å². The first-order valence-corrected chi connectivity index (χ1v) is 44.4. The summed E-state index contributed by atoms with van der Waals surface area (Å²) < 4.78 is 7.62. The van der Waals surface area contributed by atoms with Crippen LogP contribution in [0.1, 0.15) is 60.4 Å². The zero-order chi connectivity index (χ0) is 101. The monoisotopic (exact) mass is 1560 g/mol. The normalized spacial score (nSPS) is 11.8. The molecule has 0 unspecified atom stereocenters. The van der Waals surface area contributed by atoms with Crippen LogP contribution in [0.2, 0.25) is 0 Å². The Morgan fingerprint density at radius 2 is 0.689 bits per heavy atom. The number of imidazole rings is 1. The maximum atomic E-state index is 13.4. The van der Waals surface area contributed by atoms with Gasteiger partial charge in [-0.05, 0) is 60.9 Å². The summed E-state index contributed by atoms with van der Waals surface area (Å²) in [6.07, 6.45) is -72.9. The number of carbonyl (C=O) groups is 2. The smallest absolute Gasteiger partial charge is 0.354 e. The summed E-state index contributed by atoms with van der Waals surface area (Å²) in [4.78, 5) is 35.5. The van der Waals surface area contributed by atoms with Crippen LogP contribution in [0.4, 0.5) is 0 Å². The molecule has 93 radical (unpaired) electrons. The van der Waals surface area contributed by atoms with Crippen LogP contribution in [-0.2, 0) is 22.5 Å². The van der Waals surface area contributed by atoms with Crippen LogP contribution in [0.3, 0.4) is 0 Å². The van der Waals surface area contributed by atoms with Gasteiger partial charge in [0.15, 0.2) is 0 Å². The lowest BCUT2D eigenvalue weighted by Gasteiger charge is -2.62. The SMILES string of the molecule is COCCCn1c([C@@H]2CCCN(C(=O)C[C@H](C)Cc3ccc(-c4ccc(C(=O)O)nc4)cc3)C2)nc2ccccc21.[B][B]B([B])B(B(B([B])[B])B([B])[B])B(B(B(B([B])[B])B([B])[B])B(B([B])[B])B([B])[B])B(B(B(B(B([B])[B])B([B])[B])B(B([B])[B])B([B])[B])B(B(B([B])[B])B([B])[B])B(B([B])[B])B([B])[B])B(B(B(B([B])[B])B([B])[B])B(B([B])[B])B([B])[B])B(B(B([B])[B])B([B])[B])B(B([B])[B])B([B])[B]. The van der Waals surface area contributed by atoms with Gasteiger partial charge in [0, 0.05) is 701 Å². The minimum Gasteiger partial charge on any atom is -0.477 e. The summed E-state index contributed by atoms with van der Waals surface area (Å²) in [5.41, 5.74) is 5.22. The summed E-state index contributed by atoms with van der Waals surface area (Å²) in [6, 6.07) is 19.8. The molecule has 99 heteroatoms. The van der Waals surface area contributed by atoms with Crippen molar-refractivity contribution in [2.75, 3.05) is 26.8 Å². The van der Waals surface area contributed by atoms with Crippen molar-refractivity contribution in [2.45, 2.75) is 51.5 Å². The standard InChI is InChI=1S/C33H38N4O4.B91/c1-23(19-24-10-12-25(13-11-24)26-14-15-29(33(39)40)34-21-26)20-31(38)36-16-5-7-27(22-36)32-35-28-8-3-4-9-30(28)37(32)17-6-18-41-2;1-47-70(46)82(71(48(2)3)49(4)5)88(83(72(50(6)7)51(8)9)73(52(10)11)53(12)13)91(89(84(74(54(14)15)55(16)17)75(56(18)19)57(20)21)85(76(58(22)23)59(24)25)77(60(26)27)61(28)29)90(86(78(62(30)31)63(32)33)79(64(34)35)65(36)37)87(80(66(38)39)67(40)41)81(68(42)43)69(44)45/h3-4,8-15,21,23,27H,5-7,16-20,22H2,1-2H3,(H,39,40);/t23-,27-;/m1./s1. The highest BCUT2D eigenvalue weighted by Crippen LogP contribution is 2.34. The molecule has 1 amide bonds. The van der Waals surface area contributed by atoms with Crippen LogP contribution < -0.4 is 0 Å². The maximum Gasteiger partial charge on any atom is 0.354 e. The Balaban J connectivity index is 0.000000726. The minimum absolute atomic E-state index is 0.0321. The van der Waals surface area contributed by atoms with Crippen molar-refractivity contribution in [2.24, 2.45) is 5.92 Å². The van der Waals surface area contributed by atoms with Crippen molar-refractivity contribution < 1.29 is 19.4 Å². The highest BCUT2D eigenvalue weighted by atomic mass is 16.5. The molecule has 1 aliphatic rings. The first kappa shape index (κ1) is 126. The molecule has 132 heavy (non-hydrogen) atoms. The highest BCUT2D eigenvalue weighted by molar-refractivity contribution is 8.43. The number of para-hydroxylation sites is 2. The molecule has 1 N–H and O–H groups in total. The zero-order valence-corrected chi connectivity index (χ0v) is 76.4. The number of piperidine rings is 1. The van der Waals surface area contributed by atoms with E-state index in [1.807, 2.05) is 23.1 Å². The summed E-state index contributed by atoms with van der Waals surface area (Å²) in [7, 11) is 325. The highest BCUT2D eigenvalue weighted by Gasteiger charge is 2.68. The average Bonchev–Trinajstić information content (AvgIpc) is 0.832. The number of fused-ring (bicyclic) bond motifs is 1. The molecule has 2 aromatic carbocycles. The van der Waals surface area contributed by atoms with Crippen LogP contribution in [0.5, 0.6) is 0 Å². The van der Waals surface area contributed by atoms with E-state index in [0.29, 0.717) is 19.6 Å². The summed E-state index contributed by atoms with van der Waals surface area (Å²) in [6.45, 7) is 5.21. The molecular formula is C33H38B91N4O4. The largest absolute Gasteiger partial charge is 0.477 e. The lowest BCUT2D eigenvalue weighted by Crippen LogP contribution is -3.00. The molecule has 0 bridgehead atoms. The number of carboxylic acid groups (broad SMARTS) is 1. The molecule has 487 valence electrons. The Morgan fingerprint density at radius 1 is 0.402 bits per heavy atom. The number of hydrogen-bond acceptors (Lipinski definition) is 5. The fraction of sp³-hybridized carbons (Fsp3) is 0.394. The average molecular weight is 1540 g/mol. The molecule has 5 rings (SSSR count). The number of amides is 1. The predicted octanol–water partition coefficient (Wildman–Crippen LogP) is -28.8. The minimum atomic E-state index is -2.13. The lowest BCUT2D eigenvalue weighted by molar-refractivity contribution is -0.133. The van der Waals surface area contributed by atoms with Crippen LogP contribution >= 0.6 is 0 Å². The Morgan fingerprint density at radius 3 is 0.970 bits per heavy atom. The second-order valence-corrected chi connectivity index (χ2v) is 36.7. The molecule has 0 spiro atoms. The van der Waals surface area contributed by atoms with Crippen LogP contribution in [0.25, 0.3) is 22.2 Å². The molecule has 1 fully saturated rings. The zero-order valence-electron chi connectivity index (χ0n) is 76.4. The summed E-state index contributed by atoms with van der Waals surface area (Å²) in [5, 5.41) is 9.05. The summed E-state index contributed by atoms with van der Waals surface area (Å²) in [5.74, 6) is 0.702. The number of benzene rings is 2. The quantitative estimate of drug-likeness (QED) is 0.0349. The topological polar surface area (TPSA) is 97.5 Å². The van der Waals surface area contributed by atoms with Gasteiger partial charge >= 0.3 is 5.97 Å². The second-order valence-electron chi connectivity index (χ2n) is 36.7. The second kappa shape index (κ2) is 59.6. The first-order chi connectivity index (χ1) is 61.4. The first-order valence-electron chi connectivity index (χ1n) is 44.4. The number of hydrogen-bond donors (Lipinski definition) is 1. The molecule has 8 nitrogen and oxygen atoms in total. The number of carboxylic acids is 1. The molecule has 1 aliphatic heterocycles. The van der Waals surface area contributed by atoms with Gasteiger partial charge in [0.1, 0.15) is 11.5 Å². The Labute approximate surface area is 876 Å². The van der Waals surface area contributed by atoms with Crippen LogP contribution in [0, 0.1) is 5.92 Å². The molecule has 2 aromatic heterocycles. The molecule has 0 aliphatic carbocycles. The summed E-state index contributed by atoms with van der Waals surface area (Å²) >= 11 is 0. The van der Waals surface area contributed by atoms with Gasteiger partial charge in [-0.1, -0.05) is 49.4 Å². The van der Waals surface area contributed by atoms with Crippen molar-refractivity contribution in [3.63, 3.8) is 0 Å². The number of nitrogens with zero attached hydrogens (tertiary/aromatic N) is 4. The number of aryl methyl sites for hydroxylation is 1. The number of likely N-dealkylation sites (tertiary alicyclic amines) is 1. The maximum absolute atomic E-state index is 13.4. The fourth-order valence-corrected chi connectivity index (χ4v) is 22.1. The van der Waals surface area contributed by atoms with Crippen molar-refractivity contribution in [3.05, 3.63) is 83.9 Å². The van der Waals surface area contributed by atoms with Crippen molar-refractivity contribution >= 4 is 667 Å². The van der Waals surface area contributed by atoms with Gasteiger partial charge in [0.2, 0.25) is 5.91 Å². The van der Waals surface area contributed by atoms with Crippen molar-refractivity contribution in [3.8, 4) is 11.1 Å². The number of methoxy groups -OCH3 is 1. The van der Waals surface area contributed by atoms with E-state index in [9.17, 15) is 9.59 Å². The number of carbonyl (C=O) groups excluding carboxylic acids is 1. The van der Waals surface area contributed by atoms with Crippen LogP contribution in [-0.4, -0.2) is 707 Å². The number of aromatic carboxylic acids is 1. The van der Waals surface area contributed by atoms with Gasteiger partial charge in [-0.15, -0.1) is 0 Å². The van der Waals surface area contributed by atoms with E-state index in [-0.39, 0.29) is 23.4 Å². The fourth-order valence-electron chi connectivity index (χ4n) is 22.1. The number of pyridine rings is 1. The third kappa shape index (κ3) is 34.0. The van der Waals surface area contributed by atoms with Gasteiger partial charge in [0.25, 0.3) is 0 Å². The Kier molecular flexibility index (Phi) is 57.0. The molecular weight excluding hydrogens is 1500 g/mol. The van der Waals surface area contributed by atoms with Gasteiger partial charge in [-0.3, -0.25) is 4.79 Å². The third-order valence-electron chi connectivity index (χ3n) is 27.3. The van der Waals surface area contributed by atoms with Gasteiger partial charge in [-0.2, -0.15) is 0 Å². The van der Waals surface area contributed by atoms with E-state index in [4.69, 9.17) is 371 Å². The molecule has 4 aromatic rings. The van der Waals surface area contributed by atoms with E-state index in [0.717, 1.165) is 73.8 Å². The number of ether oxygens (including phenoxy) is 1. The number of aromatic nitrogens is 3. The third-order valence-corrected chi connectivity index (χ3v) is 27.3. The van der Waals surface area contributed by atoms with E-state index < -0.39 is 287 Å². The molecule has 0 saturated carbocycles. The molecule has 3 heterocycles. The van der Waals surface area contributed by atoms with Crippen molar-refractivity contribution in [1.29, 1.82) is 0 Å². The number of rotatable bonds is 55. The Hall–Kier alpha value is 1.87. The van der Waals surface area contributed by atoms with E-state index in [2.05, 4.69) is 46.8 Å². The predicted molar refractivity (Wildman–Crippen MR) is 683 cm³/mol. The Bertz CT molecular complexity index is 3550. The van der Waals surface area contributed by atoms with Crippen LogP contribution in [0.15, 0.2) is 66.9 Å². The van der Waals surface area contributed by atoms with Gasteiger partial charge in [-0.25, -0.2) is 14.8 Å². The van der Waals surface area contributed by atoms with E-state index in [1.165, 1.54) is 11.6 Å². The lowest BCUT2D eigenvalue weighted by atomic mass is 8.19. The van der Waals surface area contributed by atoms with Gasteiger partial charge in [0.05, 0.1) is 11.0 Å². The van der Waals surface area contributed by atoms with E-state index in [1.54, 1.807) is 19.4 Å². The molecule has 1 saturated heterocycles. The van der Waals surface area contributed by atoms with Crippen molar-refractivity contribution in [1.82, 2.24) is 19.4 Å². The molecule has 2 atom stereocenters.